The summed E-state index contributed by atoms with van der Waals surface area (Å²) in [6.45, 7) is 1.97. The maximum Gasteiger partial charge on any atom is 0.168 e. The van der Waals surface area contributed by atoms with Crippen LogP contribution in [0.3, 0.4) is 0 Å². The fourth-order valence-corrected chi connectivity index (χ4v) is 2.98. The summed E-state index contributed by atoms with van der Waals surface area (Å²) in [6, 6.07) is 8.40. The first kappa shape index (κ1) is 9.48. The zero-order chi connectivity index (χ0) is 10.3. The predicted molar refractivity (Wildman–Crippen MR) is 68.7 cm³/mol. The number of fused-ring (bicyclic) bond motifs is 1. The number of rotatable bonds is 1. The molecule has 0 saturated heterocycles. The van der Waals surface area contributed by atoms with Gasteiger partial charge >= 0.3 is 0 Å². The highest BCUT2D eigenvalue weighted by Gasteiger charge is 2.24. The van der Waals surface area contributed by atoms with Gasteiger partial charge in [0.2, 0.25) is 0 Å². The Kier molecular flexibility index (Phi) is 2.33. The van der Waals surface area contributed by atoms with E-state index in [2.05, 4.69) is 56.3 Å². The van der Waals surface area contributed by atoms with Crippen molar-refractivity contribution in [3.63, 3.8) is 0 Å². The van der Waals surface area contributed by atoms with Gasteiger partial charge in [0.15, 0.2) is 5.17 Å². The summed E-state index contributed by atoms with van der Waals surface area (Å²) >= 11 is 5.20. The molecular formula is C11H9BrN2S. The minimum absolute atomic E-state index is 0.937. The molecule has 2 heterocycles. The minimum Gasteiger partial charge on any atom is -0.325 e. The van der Waals surface area contributed by atoms with Gasteiger partial charge in [0.25, 0.3) is 0 Å². The maximum atomic E-state index is 4.44. The average molecular weight is 281 g/mol. The summed E-state index contributed by atoms with van der Waals surface area (Å²) in [6.07, 6.45) is 2.19. The number of nitrogens with zero attached hydrogens (tertiary/aromatic N) is 2. The molecule has 0 fully saturated rings. The lowest BCUT2D eigenvalue weighted by molar-refractivity contribution is 0.626. The van der Waals surface area contributed by atoms with Crippen LogP contribution < -0.4 is 0 Å². The van der Waals surface area contributed by atoms with Crippen molar-refractivity contribution in [1.82, 2.24) is 4.90 Å². The molecule has 0 aromatic heterocycles. The van der Waals surface area contributed by atoms with Crippen molar-refractivity contribution in [1.29, 1.82) is 0 Å². The second-order valence-corrected chi connectivity index (χ2v) is 5.38. The molecule has 0 N–H and O–H groups in total. The van der Waals surface area contributed by atoms with Crippen LogP contribution >= 0.6 is 27.7 Å². The fourth-order valence-electron chi connectivity index (χ4n) is 1.66. The second kappa shape index (κ2) is 3.68. The number of thioether (sulfide) groups is 1. The largest absolute Gasteiger partial charge is 0.325 e. The Bertz CT molecular complexity index is 450. The van der Waals surface area contributed by atoms with Crippen LogP contribution in [0.25, 0.3) is 4.91 Å². The maximum absolute atomic E-state index is 4.44. The van der Waals surface area contributed by atoms with Crippen LogP contribution in [0, 0.1) is 0 Å². The van der Waals surface area contributed by atoms with Crippen LogP contribution in [0.1, 0.15) is 5.56 Å². The van der Waals surface area contributed by atoms with E-state index >= 15 is 0 Å². The van der Waals surface area contributed by atoms with Crippen molar-refractivity contribution in [3.05, 3.63) is 40.5 Å². The first-order valence-corrected chi connectivity index (χ1v) is 6.40. The quantitative estimate of drug-likeness (QED) is 0.785. The number of aliphatic imine (C=N–C) groups is 1. The smallest absolute Gasteiger partial charge is 0.168 e. The summed E-state index contributed by atoms with van der Waals surface area (Å²) in [4.78, 5) is 7.95. The molecule has 0 amide bonds. The highest BCUT2D eigenvalue weighted by atomic mass is 79.9. The van der Waals surface area contributed by atoms with Crippen LogP contribution in [-0.2, 0) is 0 Å². The molecule has 4 heteroatoms. The van der Waals surface area contributed by atoms with E-state index in [4.69, 9.17) is 0 Å². The summed E-state index contributed by atoms with van der Waals surface area (Å²) in [5.41, 5.74) is 1.26. The Hall–Kier alpha value is -0.740. The monoisotopic (exact) mass is 280 g/mol. The van der Waals surface area contributed by atoms with Crippen LogP contribution in [0.4, 0.5) is 0 Å². The van der Waals surface area contributed by atoms with Gasteiger partial charge in [-0.05, 0) is 29.5 Å². The van der Waals surface area contributed by atoms with Crippen molar-refractivity contribution in [3.8, 4) is 0 Å². The van der Waals surface area contributed by atoms with E-state index in [1.165, 1.54) is 10.5 Å². The standard InChI is InChI=1S/C11H9BrN2S/c12-9-3-1-8(2-4-9)10-7-14-6-5-13-11(14)15-10/h1-4,7H,5-6H2. The van der Waals surface area contributed by atoms with Crippen LogP contribution in [0.5, 0.6) is 0 Å². The SMILES string of the molecule is Brc1ccc(C2=CN3CCN=C3S2)cc1. The molecule has 0 saturated carbocycles. The van der Waals surface area contributed by atoms with Gasteiger partial charge in [0.1, 0.15) is 0 Å². The van der Waals surface area contributed by atoms with Gasteiger partial charge in [-0.1, -0.05) is 28.1 Å². The summed E-state index contributed by atoms with van der Waals surface area (Å²) < 4.78 is 1.12. The number of amidine groups is 1. The Morgan fingerprint density at radius 1 is 1.27 bits per heavy atom. The number of hydrogen-bond acceptors (Lipinski definition) is 3. The molecule has 0 bridgehead atoms. The van der Waals surface area contributed by atoms with Gasteiger partial charge in [-0.15, -0.1) is 0 Å². The average Bonchev–Trinajstić information content (AvgIpc) is 2.78. The van der Waals surface area contributed by atoms with Crippen molar-refractivity contribution in [2.45, 2.75) is 0 Å². The van der Waals surface area contributed by atoms with E-state index in [-0.39, 0.29) is 0 Å². The Morgan fingerprint density at radius 3 is 2.80 bits per heavy atom. The Labute approximate surface area is 101 Å². The van der Waals surface area contributed by atoms with Crippen molar-refractivity contribution in [2.75, 3.05) is 13.1 Å². The van der Waals surface area contributed by atoms with E-state index in [0.717, 1.165) is 22.7 Å². The summed E-state index contributed by atoms with van der Waals surface area (Å²) in [5.74, 6) is 0. The van der Waals surface area contributed by atoms with Crippen molar-refractivity contribution in [2.24, 2.45) is 4.99 Å². The number of benzene rings is 1. The number of halogens is 1. The van der Waals surface area contributed by atoms with E-state index in [9.17, 15) is 0 Å². The van der Waals surface area contributed by atoms with E-state index < -0.39 is 0 Å². The molecule has 0 atom stereocenters. The number of hydrogen-bond donors (Lipinski definition) is 0. The third-order valence-electron chi connectivity index (χ3n) is 2.44. The molecule has 3 rings (SSSR count). The van der Waals surface area contributed by atoms with Crippen molar-refractivity contribution < 1.29 is 0 Å². The van der Waals surface area contributed by atoms with E-state index in [1.54, 1.807) is 11.8 Å². The third kappa shape index (κ3) is 1.72. The van der Waals surface area contributed by atoms with Gasteiger partial charge in [-0.3, -0.25) is 4.99 Å². The third-order valence-corrected chi connectivity index (χ3v) is 4.07. The first-order chi connectivity index (χ1) is 7.33. The van der Waals surface area contributed by atoms with Gasteiger partial charge in [-0.25, -0.2) is 0 Å². The molecule has 76 valence electrons. The molecule has 0 unspecified atom stereocenters. The first-order valence-electron chi connectivity index (χ1n) is 4.80. The predicted octanol–water partition coefficient (Wildman–Crippen LogP) is 3.17. The lowest BCUT2D eigenvalue weighted by Gasteiger charge is -2.04. The molecule has 2 aliphatic rings. The zero-order valence-corrected chi connectivity index (χ0v) is 10.4. The zero-order valence-electron chi connectivity index (χ0n) is 7.98. The van der Waals surface area contributed by atoms with Gasteiger partial charge < -0.3 is 4.90 Å². The normalized spacial score (nSPS) is 18.9. The lowest BCUT2D eigenvalue weighted by atomic mass is 10.2. The molecule has 1 aromatic carbocycles. The van der Waals surface area contributed by atoms with Gasteiger partial charge in [-0.2, -0.15) is 0 Å². The molecular weight excluding hydrogens is 272 g/mol. The van der Waals surface area contributed by atoms with Gasteiger partial charge in [0.05, 0.1) is 6.54 Å². The molecule has 1 aromatic rings. The Morgan fingerprint density at radius 2 is 2.07 bits per heavy atom. The summed E-state index contributed by atoms with van der Waals surface area (Å²) in [7, 11) is 0. The second-order valence-electron chi connectivity index (χ2n) is 3.46. The Balaban J connectivity index is 1.90. The van der Waals surface area contributed by atoms with Gasteiger partial charge in [0, 0.05) is 22.1 Å². The minimum atomic E-state index is 0.937. The molecule has 2 aliphatic heterocycles. The van der Waals surface area contributed by atoms with Crippen LogP contribution in [0.2, 0.25) is 0 Å². The van der Waals surface area contributed by atoms with Crippen LogP contribution in [-0.4, -0.2) is 23.2 Å². The highest BCUT2D eigenvalue weighted by molar-refractivity contribution is 9.10. The molecule has 15 heavy (non-hydrogen) atoms. The topological polar surface area (TPSA) is 15.6 Å². The summed E-state index contributed by atoms with van der Waals surface area (Å²) in [5, 5.41) is 1.15. The molecule has 0 spiro atoms. The molecule has 2 nitrogen and oxygen atoms in total. The fraction of sp³-hybridized carbons (Fsp3) is 0.182. The lowest BCUT2D eigenvalue weighted by Crippen LogP contribution is -2.14. The van der Waals surface area contributed by atoms with E-state index in [0.29, 0.717) is 0 Å². The van der Waals surface area contributed by atoms with E-state index in [1.807, 2.05) is 0 Å². The highest BCUT2D eigenvalue weighted by Crippen LogP contribution is 2.37. The van der Waals surface area contributed by atoms with Crippen LogP contribution in [0.15, 0.2) is 39.9 Å². The molecule has 0 aliphatic carbocycles. The molecule has 0 radical (unpaired) electrons. The van der Waals surface area contributed by atoms with Crippen molar-refractivity contribution >= 4 is 37.8 Å².